The highest BCUT2D eigenvalue weighted by molar-refractivity contribution is 6.03. The highest BCUT2D eigenvalue weighted by Crippen LogP contribution is 2.23. The van der Waals surface area contributed by atoms with Gasteiger partial charge in [0.1, 0.15) is 33.8 Å². The summed E-state index contributed by atoms with van der Waals surface area (Å²) in [5.74, 6) is -4.00. The van der Waals surface area contributed by atoms with Gasteiger partial charge in [0.05, 0.1) is 12.5 Å². The molecule has 2 aliphatic rings. The summed E-state index contributed by atoms with van der Waals surface area (Å²) in [6, 6.07) is 12.0. The van der Waals surface area contributed by atoms with Crippen LogP contribution in [0.3, 0.4) is 0 Å². The number of hydroxylamine groups is 4. The number of rotatable bonds is 12. The largest absolute Gasteiger partial charge is 0.466 e. The van der Waals surface area contributed by atoms with Gasteiger partial charge in [0.25, 0.3) is 23.6 Å². The van der Waals surface area contributed by atoms with E-state index in [4.69, 9.17) is 28.0 Å². The smallest absolute Gasteiger partial charge is 0.371 e. The molecule has 2 fully saturated rings. The third kappa shape index (κ3) is 8.77. The van der Waals surface area contributed by atoms with Crippen LogP contribution >= 0.6 is 0 Å². The fourth-order valence-corrected chi connectivity index (χ4v) is 5.00. The van der Waals surface area contributed by atoms with Gasteiger partial charge >= 0.3 is 23.2 Å². The highest BCUT2D eigenvalue weighted by Gasteiger charge is 2.34. The van der Waals surface area contributed by atoms with Crippen LogP contribution in [-0.4, -0.2) is 51.5 Å². The molecule has 0 spiro atoms. The summed E-state index contributed by atoms with van der Waals surface area (Å²) in [6.45, 7) is 6.88. The summed E-state index contributed by atoms with van der Waals surface area (Å²) >= 11 is 0. The maximum atomic E-state index is 12.4. The molecule has 2 saturated heterocycles. The Hall–Kier alpha value is -7.17. The van der Waals surface area contributed by atoms with Crippen LogP contribution in [0.5, 0.6) is 11.5 Å². The molecule has 17 heteroatoms. The average molecular weight is 729 g/mol. The Morgan fingerprint density at radius 1 is 0.623 bits per heavy atom. The first-order valence-electron chi connectivity index (χ1n) is 15.8. The highest BCUT2D eigenvalue weighted by atomic mass is 16.7. The van der Waals surface area contributed by atoms with Crippen molar-refractivity contribution in [3.63, 3.8) is 0 Å². The van der Waals surface area contributed by atoms with Crippen molar-refractivity contribution in [2.45, 2.75) is 44.9 Å². The maximum absolute atomic E-state index is 12.4. The fourth-order valence-electron chi connectivity index (χ4n) is 5.00. The molecule has 2 aliphatic heterocycles. The molecule has 6 rings (SSSR count). The minimum atomic E-state index is -1.15. The summed E-state index contributed by atoms with van der Waals surface area (Å²) < 4.78 is 20.5. The number of benzene rings is 2. The molecule has 0 bridgehead atoms. The predicted molar refractivity (Wildman–Crippen MR) is 178 cm³/mol. The lowest BCUT2D eigenvalue weighted by atomic mass is 10.1. The molecule has 4 heterocycles. The zero-order chi connectivity index (χ0) is 38.2. The van der Waals surface area contributed by atoms with Crippen LogP contribution in [0.4, 0.5) is 0 Å². The van der Waals surface area contributed by atoms with E-state index >= 15 is 0 Å². The normalized spacial score (nSPS) is 13.8. The Balaban J connectivity index is 0.000000208. The molecule has 4 aromatic rings. The molecule has 4 amide bonds. The van der Waals surface area contributed by atoms with Crippen LogP contribution in [-0.2, 0) is 33.6 Å². The van der Waals surface area contributed by atoms with Crippen molar-refractivity contribution in [2.24, 2.45) is 0 Å². The quantitative estimate of drug-likeness (QED) is 0.0875. The Morgan fingerprint density at radius 3 is 1.57 bits per heavy atom. The van der Waals surface area contributed by atoms with Gasteiger partial charge < -0.3 is 28.0 Å². The number of fused-ring (bicyclic) bond motifs is 2. The van der Waals surface area contributed by atoms with Crippen molar-refractivity contribution in [2.75, 3.05) is 0 Å². The average Bonchev–Trinajstić information content (AvgIpc) is 3.62. The first-order chi connectivity index (χ1) is 25.4. The fraction of sp³-hybridized carbons (Fsp3) is 0.194. The van der Waals surface area contributed by atoms with Gasteiger partial charge in [0, 0.05) is 49.3 Å². The van der Waals surface area contributed by atoms with Crippen molar-refractivity contribution in [1.82, 2.24) is 10.1 Å². The van der Waals surface area contributed by atoms with Gasteiger partial charge in [-0.3, -0.25) is 24.0 Å². The molecule has 0 N–H and O–H groups in total. The Labute approximate surface area is 297 Å². The topological polar surface area (TPSA) is 223 Å². The van der Waals surface area contributed by atoms with E-state index in [1.807, 2.05) is 0 Å². The Bertz CT molecular complexity index is 2290. The summed E-state index contributed by atoms with van der Waals surface area (Å²) in [4.78, 5) is 115. The van der Waals surface area contributed by atoms with E-state index in [9.17, 15) is 43.2 Å². The summed E-state index contributed by atoms with van der Waals surface area (Å²) in [7, 11) is 0. The summed E-state index contributed by atoms with van der Waals surface area (Å²) in [6.07, 6.45) is 2.15. The van der Waals surface area contributed by atoms with Gasteiger partial charge in [-0.1, -0.05) is 13.2 Å². The van der Waals surface area contributed by atoms with Crippen LogP contribution < -0.4 is 20.7 Å². The third-order valence-corrected chi connectivity index (χ3v) is 7.53. The number of hydrogen-bond donors (Lipinski definition) is 0. The van der Waals surface area contributed by atoms with E-state index < -0.39 is 58.2 Å². The molecule has 0 atom stereocenters. The number of amides is 4. The van der Waals surface area contributed by atoms with E-state index in [1.165, 1.54) is 36.8 Å². The van der Waals surface area contributed by atoms with Crippen LogP contribution in [0, 0.1) is 0 Å². The monoisotopic (exact) mass is 728 g/mol. The second kappa shape index (κ2) is 16.2. The van der Waals surface area contributed by atoms with E-state index in [2.05, 4.69) is 13.2 Å². The SMILES string of the molecule is C=COc1ccc2oc(=O)c(C(=O)CCCC(=O)ON3C(=O)CCC3=O)cc2c1.C=COc1ccc2oc(=O)c(C(=O)ON3C(=O)CCC3=O)cc2c1. The lowest BCUT2D eigenvalue weighted by Crippen LogP contribution is -2.33. The van der Waals surface area contributed by atoms with Gasteiger partial charge in [0.15, 0.2) is 5.78 Å². The molecule has 0 unspecified atom stereocenters. The molecular formula is C36H28N2O15. The van der Waals surface area contributed by atoms with Crippen molar-refractivity contribution in [3.05, 3.63) is 106 Å². The van der Waals surface area contributed by atoms with E-state index in [-0.39, 0.29) is 56.1 Å². The van der Waals surface area contributed by atoms with Crippen molar-refractivity contribution >= 4 is 63.3 Å². The van der Waals surface area contributed by atoms with E-state index in [1.54, 1.807) is 24.3 Å². The number of carbonyl (C=O) groups is 7. The van der Waals surface area contributed by atoms with Gasteiger partial charge in [-0.25, -0.2) is 19.2 Å². The van der Waals surface area contributed by atoms with Crippen LogP contribution in [0.2, 0.25) is 0 Å². The van der Waals surface area contributed by atoms with Crippen molar-refractivity contribution in [3.8, 4) is 11.5 Å². The Morgan fingerprint density at radius 2 is 1.08 bits per heavy atom. The minimum Gasteiger partial charge on any atom is -0.466 e. The number of imide groups is 2. The second-order valence-electron chi connectivity index (χ2n) is 11.1. The van der Waals surface area contributed by atoms with Gasteiger partial charge in [0.2, 0.25) is 0 Å². The van der Waals surface area contributed by atoms with E-state index in [0.717, 1.165) is 0 Å². The Kier molecular flexibility index (Phi) is 11.4. The van der Waals surface area contributed by atoms with E-state index in [0.29, 0.717) is 38.0 Å². The minimum absolute atomic E-state index is 0.00188. The molecule has 2 aromatic heterocycles. The third-order valence-electron chi connectivity index (χ3n) is 7.53. The number of carbonyl (C=O) groups excluding carboxylic acids is 7. The molecule has 2 aromatic carbocycles. The zero-order valence-corrected chi connectivity index (χ0v) is 27.7. The summed E-state index contributed by atoms with van der Waals surface area (Å²) in [5.41, 5.74) is -1.77. The summed E-state index contributed by atoms with van der Waals surface area (Å²) in [5, 5.41) is 1.71. The zero-order valence-electron chi connectivity index (χ0n) is 27.7. The molecular weight excluding hydrogens is 700 g/mol. The number of nitrogens with zero attached hydrogens (tertiary/aromatic N) is 2. The first kappa shape index (κ1) is 37.1. The molecule has 17 nitrogen and oxygen atoms in total. The van der Waals surface area contributed by atoms with Crippen molar-refractivity contribution in [1.29, 1.82) is 0 Å². The number of ketones is 1. The number of ether oxygens (including phenoxy) is 2. The standard InChI is InChI=1S/C20H17NO8.C16H11NO7/c1-2-27-13-6-7-16-12(10-13)11-14(20(26)28-16)15(22)4-3-5-19(25)29-21-17(23)8-9-18(21)24;1-2-22-10-3-4-12-9(7-10)8-11(15(20)23-12)16(21)24-17-13(18)5-6-14(17)19/h2,6-7,10-11H,1,3-5,8-9H2;2-4,7-8H,1,5-6H2. The maximum Gasteiger partial charge on any atom is 0.371 e. The number of hydrogen-bond acceptors (Lipinski definition) is 15. The molecule has 53 heavy (non-hydrogen) atoms. The molecule has 0 radical (unpaired) electrons. The molecule has 272 valence electrons. The van der Waals surface area contributed by atoms with Gasteiger partial charge in [-0.05, 0) is 55.0 Å². The van der Waals surface area contributed by atoms with Crippen molar-refractivity contribution < 1.29 is 61.5 Å². The lowest BCUT2D eigenvalue weighted by Gasteiger charge is -2.12. The second-order valence-corrected chi connectivity index (χ2v) is 11.1. The van der Waals surface area contributed by atoms with Gasteiger partial charge in [-0.15, -0.1) is 10.1 Å². The lowest BCUT2D eigenvalue weighted by molar-refractivity contribution is -0.197. The molecule has 0 aliphatic carbocycles. The predicted octanol–water partition coefficient (Wildman–Crippen LogP) is 3.81. The van der Waals surface area contributed by atoms with Crippen LogP contribution in [0.1, 0.15) is 65.7 Å². The van der Waals surface area contributed by atoms with Crippen LogP contribution in [0.25, 0.3) is 21.9 Å². The first-order valence-corrected chi connectivity index (χ1v) is 15.8. The van der Waals surface area contributed by atoms with Crippen LogP contribution in [0.15, 0.2) is 92.6 Å². The number of Topliss-reactive ketones (excluding diaryl/α,β-unsaturated/α-hetero) is 1. The van der Waals surface area contributed by atoms with Gasteiger partial charge in [-0.2, -0.15) is 0 Å². The molecule has 0 saturated carbocycles.